The van der Waals surface area contributed by atoms with Crippen LogP contribution in [0.15, 0.2) is 29.1 Å². The summed E-state index contributed by atoms with van der Waals surface area (Å²) in [4.78, 5) is 37.7. The highest BCUT2D eigenvalue weighted by Gasteiger charge is 2.15. The highest BCUT2D eigenvalue weighted by molar-refractivity contribution is 5.82. The van der Waals surface area contributed by atoms with Gasteiger partial charge in [-0.25, -0.2) is 4.79 Å². The lowest BCUT2D eigenvalue weighted by Gasteiger charge is -2.19. The summed E-state index contributed by atoms with van der Waals surface area (Å²) in [5.41, 5.74) is 0.0226. The van der Waals surface area contributed by atoms with Crippen molar-refractivity contribution in [3.63, 3.8) is 0 Å². The van der Waals surface area contributed by atoms with Crippen LogP contribution >= 0.6 is 0 Å². The molecule has 1 heterocycles. The fourth-order valence-corrected chi connectivity index (χ4v) is 2.31. The van der Waals surface area contributed by atoms with Gasteiger partial charge in [-0.05, 0) is 44.4 Å². The van der Waals surface area contributed by atoms with Gasteiger partial charge in [-0.3, -0.25) is 9.59 Å². The highest BCUT2D eigenvalue weighted by atomic mass is 16.6. The van der Waals surface area contributed by atoms with E-state index < -0.39 is 17.7 Å². The third-order valence-corrected chi connectivity index (χ3v) is 3.50. The normalized spacial score (nSPS) is 11.1. The van der Waals surface area contributed by atoms with Crippen molar-refractivity contribution in [1.29, 1.82) is 0 Å². The van der Waals surface area contributed by atoms with Crippen LogP contribution in [0.4, 0.5) is 4.79 Å². The first-order valence-corrected chi connectivity index (χ1v) is 8.50. The first kappa shape index (κ1) is 20.3. The molecule has 146 valence electrons. The van der Waals surface area contributed by atoms with Crippen molar-refractivity contribution in [2.75, 3.05) is 20.3 Å². The minimum Gasteiger partial charge on any atom is -0.492 e. The topological polar surface area (TPSA) is 107 Å². The molecular formula is C19H24N2O6. The Kier molecular flexibility index (Phi) is 6.44. The zero-order valence-electron chi connectivity index (χ0n) is 15.9. The monoisotopic (exact) mass is 376 g/mol. The summed E-state index contributed by atoms with van der Waals surface area (Å²) < 4.78 is 15.3. The van der Waals surface area contributed by atoms with Crippen LogP contribution in [0.3, 0.4) is 0 Å². The molecule has 1 aromatic heterocycles. The summed E-state index contributed by atoms with van der Waals surface area (Å²) in [6, 6.07) is 6.86. The van der Waals surface area contributed by atoms with Crippen LogP contribution in [0.1, 0.15) is 26.3 Å². The Morgan fingerprint density at radius 1 is 1.19 bits per heavy atom. The number of rotatable bonds is 6. The van der Waals surface area contributed by atoms with Gasteiger partial charge in [0, 0.05) is 11.6 Å². The number of pyridine rings is 1. The number of fused-ring (bicyclic) bond motifs is 1. The lowest BCUT2D eigenvalue weighted by molar-refractivity contribution is -0.139. The van der Waals surface area contributed by atoms with E-state index in [-0.39, 0.29) is 25.1 Å². The number of aromatic amines is 1. The van der Waals surface area contributed by atoms with Gasteiger partial charge < -0.3 is 24.5 Å². The molecule has 0 saturated heterocycles. The summed E-state index contributed by atoms with van der Waals surface area (Å²) >= 11 is 0. The number of benzene rings is 1. The van der Waals surface area contributed by atoms with E-state index in [1.165, 1.54) is 7.11 Å². The second-order valence-corrected chi connectivity index (χ2v) is 6.90. The standard InChI is InChI=1S/C19H24N2O6/c1-19(2,3)27-18(24)20-7-8-26-14-6-5-12-9-13(10-16(22)25-4)17(23)21-15(12)11-14/h5-6,9,11H,7-8,10H2,1-4H3,(H,20,24)(H,21,23). The van der Waals surface area contributed by atoms with Gasteiger partial charge in [0.1, 0.15) is 18.0 Å². The van der Waals surface area contributed by atoms with Crippen molar-refractivity contribution in [3.05, 3.63) is 40.2 Å². The van der Waals surface area contributed by atoms with Gasteiger partial charge in [0.15, 0.2) is 0 Å². The fraction of sp³-hybridized carbons (Fsp3) is 0.421. The Labute approximate surface area is 156 Å². The van der Waals surface area contributed by atoms with E-state index in [9.17, 15) is 14.4 Å². The van der Waals surface area contributed by atoms with E-state index in [1.807, 2.05) is 0 Å². The molecule has 2 aromatic rings. The van der Waals surface area contributed by atoms with Crippen LogP contribution in [-0.4, -0.2) is 42.9 Å². The average Bonchev–Trinajstić information content (AvgIpc) is 2.57. The molecule has 8 nitrogen and oxygen atoms in total. The van der Waals surface area contributed by atoms with Crippen molar-refractivity contribution in [3.8, 4) is 5.75 Å². The molecular weight excluding hydrogens is 352 g/mol. The summed E-state index contributed by atoms with van der Waals surface area (Å²) in [5.74, 6) is 0.0714. The van der Waals surface area contributed by atoms with Crippen molar-refractivity contribution < 1.29 is 23.8 Å². The van der Waals surface area contributed by atoms with Crippen molar-refractivity contribution >= 4 is 23.0 Å². The zero-order chi connectivity index (χ0) is 20.0. The first-order valence-electron chi connectivity index (χ1n) is 8.50. The van der Waals surface area contributed by atoms with Crippen LogP contribution in [0.25, 0.3) is 10.9 Å². The number of hydrogen-bond acceptors (Lipinski definition) is 6. The van der Waals surface area contributed by atoms with E-state index in [4.69, 9.17) is 9.47 Å². The number of carbonyl (C=O) groups excluding carboxylic acids is 2. The first-order chi connectivity index (χ1) is 12.7. The summed E-state index contributed by atoms with van der Waals surface area (Å²) in [7, 11) is 1.28. The maximum Gasteiger partial charge on any atom is 0.407 e. The molecule has 0 saturated carbocycles. The molecule has 2 rings (SSSR count). The van der Waals surface area contributed by atoms with E-state index in [2.05, 4.69) is 15.0 Å². The molecule has 0 radical (unpaired) electrons. The van der Waals surface area contributed by atoms with Gasteiger partial charge in [-0.15, -0.1) is 0 Å². The van der Waals surface area contributed by atoms with Crippen molar-refractivity contribution in [2.45, 2.75) is 32.8 Å². The number of esters is 1. The second kappa shape index (κ2) is 8.57. The van der Waals surface area contributed by atoms with Crippen molar-refractivity contribution in [2.24, 2.45) is 0 Å². The van der Waals surface area contributed by atoms with E-state index >= 15 is 0 Å². The highest BCUT2D eigenvalue weighted by Crippen LogP contribution is 2.19. The number of methoxy groups -OCH3 is 1. The van der Waals surface area contributed by atoms with Crippen LogP contribution < -0.4 is 15.6 Å². The minimum absolute atomic E-state index is 0.0869. The van der Waals surface area contributed by atoms with Crippen LogP contribution in [0, 0.1) is 0 Å². The molecule has 0 atom stereocenters. The third-order valence-electron chi connectivity index (χ3n) is 3.50. The summed E-state index contributed by atoms with van der Waals surface area (Å²) in [6.45, 7) is 5.89. The molecule has 8 heteroatoms. The molecule has 0 aliphatic carbocycles. The molecule has 27 heavy (non-hydrogen) atoms. The second-order valence-electron chi connectivity index (χ2n) is 6.90. The number of aromatic nitrogens is 1. The van der Waals surface area contributed by atoms with Gasteiger partial charge in [0.05, 0.1) is 25.6 Å². The SMILES string of the molecule is COC(=O)Cc1cc2ccc(OCCNC(=O)OC(C)(C)C)cc2[nH]c1=O. The Morgan fingerprint density at radius 3 is 2.59 bits per heavy atom. The predicted molar refractivity (Wildman–Crippen MR) is 100 cm³/mol. The van der Waals surface area contributed by atoms with Gasteiger partial charge in [-0.2, -0.15) is 0 Å². The molecule has 1 aromatic carbocycles. The number of carbonyl (C=O) groups is 2. The molecule has 2 N–H and O–H groups in total. The largest absolute Gasteiger partial charge is 0.492 e. The van der Waals surface area contributed by atoms with E-state index in [0.29, 0.717) is 16.8 Å². The maximum atomic E-state index is 12.1. The molecule has 0 spiro atoms. The smallest absolute Gasteiger partial charge is 0.407 e. The molecule has 0 aliphatic rings. The van der Waals surface area contributed by atoms with Crippen molar-refractivity contribution in [1.82, 2.24) is 10.3 Å². The molecule has 0 unspecified atom stereocenters. The Bertz CT molecular complexity index is 882. The van der Waals surface area contributed by atoms with Crippen LogP contribution in [-0.2, 0) is 20.7 Å². The number of amides is 1. The minimum atomic E-state index is -0.554. The van der Waals surface area contributed by atoms with Crippen LogP contribution in [0.5, 0.6) is 5.75 Å². The van der Waals surface area contributed by atoms with Gasteiger partial charge in [0.2, 0.25) is 0 Å². The Morgan fingerprint density at radius 2 is 1.93 bits per heavy atom. The van der Waals surface area contributed by atoms with Gasteiger partial charge in [0.25, 0.3) is 5.56 Å². The molecule has 0 fully saturated rings. The summed E-state index contributed by atoms with van der Waals surface area (Å²) in [5, 5.41) is 3.37. The quantitative estimate of drug-likeness (QED) is 0.591. The van der Waals surface area contributed by atoms with E-state index in [1.54, 1.807) is 45.0 Å². The summed E-state index contributed by atoms with van der Waals surface area (Å²) in [6.07, 6.45) is -0.594. The third kappa shape index (κ3) is 6.32. The Balaban J connectivity index is 1.96. The number of hydrogen-bond donors (Lipinski definition) is 2. The number of alkyl carbamates (subject to hydrolysis) is 1. The molecule has 1 amide bonds. The van der Waals surface area contributed by atoms with Gasteiger partial charge in [-0.1, -0.05) is 0 Å². The Hall–Kier alpha value is -3.03. The predicted octanol–water partition coefficient (Wildman–Crippen LogP) is 2.15. The average molecular weight is 376 g/mol. The lowest BCUT2D eigenvalue weighted by atomic mass is 10.1. The van der Waals surface area contributed by atoms with Gasteiger partial charge >= 0.3 is 12.1 Å². The number of H-pyrrole nitrogens is 1. The van der Waals surface area contributed by atoms with E-state index in [0.717, 1.165) is 5.39 Å². The molecule has 0 bridgehead atoms. The zero-order valence-corrected chi connectivity index (χ0v) is 15.9. The molecule has 0 aliphatic heterocycles. The number of ether oxygens (including phenoxy) is 3. The van der Waals surface area contributed by atoms with Crippen LogP contribution in [0.2, 0.25) is 0 Å². The number of nitrogens with one attached hydrogen (secondary N) is 2. The maximum absolute atomic E-state index is 12.1. The fourth-order valence-electron chi connectivity index (χ4n) is 2.31. The lowest BCUT2D eigenvalue weighted by Crippen LogP contribution is -2.34.